The quantitative estimate of drug-likeness (QED) is 0.676. The molecule has 172 valence electrons. The Morgan fingerprint density at radius 1 is 1.38 bits per heavy atom. The summed E-state index contributed by atoms with van der Waals surface area (Å²) >= 11 is 0. The maximum absolute atomic E-state index is 15.5. The number of anilines is 1. The Labute approximate surface area is 182 Å². The van der Waals surface area contributed by atoms with Crippen LogP contribution in [0.15, 0.2) is 17.1 Å². The number of fused-ring (bicyclic) bond motifs is 1. The minimum atomic E-state index is -1.69. The number of nitrogens with two attached hydrogens (primary N) is 1. The van der Waals surface area contributed by atoms with Crippen LogP contribution in [0.25, 0.3) is 10.9 Å². The molecule has 1 aliphatic heterocycles. The Bertz CT molecular complexity index is 1180. The zero-order valence-electron chi connectivity index (χ0n) is 17.8. The Kier molecular flexibility index (Phi) is 4.63. The van der Waals surface area contributed by atoms with Crippen molar-refractivity contribution in [2.75, 3.05) is 25.1 Å². The fourth-order valence-corrected chi connectivity index (χ4v) is 5.17. The minimum Gasteiger partial charge on any atom is -0.492 e. The van der Waals surface area contributed by atoms with E-state index in [4.69, 9.17) is 15.6 Å². The molecule has 2 aromatic rings. The first-order valence-corrected chi connectivity index (χ1v) is 10.7. The van der Waals surface area contributed by atoms with Gasteiger partial charge in [0, 0.05) is 25.0 Å². The lowest BCUT2D eigenvalue weighted by atomic mass is 9.86. The summed E-state index contributed by atoms with van der Waals surface area (Å²) in [4.78, 5) is 25.8. The third kappa shape index (κ3) is 3.28. The monoisotopic (exact) mass is 449 g/mol. The van der Waals surface area contributed by atoms with Crippen molar-refractivity contribution >= 4 is 22.7 Å². The van der Waals surface area contributed by atoms with E-state index in [-0.39, 0.29) is 34.7 Å². The Balaban J connectivity index is 1.71. The smallest absolute Gasteiger partial charge is 0.492 e. The van der Waals surface area contributed by atoms with Gasteiger partial charge in [-0.15, -0.1) is 0 Å². The van der Waals surface area contributed by atoms with Gasteiger partial charge >= 0.3 is 6.16 Å². The molecule has 1 aromatic heterocycles. The SMILES string of the molecule is COc1c(N2CC(C3CC3)C(C)(N)C2)c(F)cc2c(=O)c(OC(=O)O)cn([C@@H]3C[C@@H]3F)c12. The molecular formula is C22H25F2N3O5. The van der Waals surface area contributed by atoms with Crippen LogP contribution in [0, 0.1) is 17.7 Å². The lowest BCUT2D eigenvalue weighted by Gasteiger charge is -2.26. The molecule has 0 spiro atoms. The van der Waals surface area contributed by atoms with Crippen LogP contribution in [0.3, 0.4) is 0 Å². The zero-order valence-corrected chi connectivity index (χ0v) is 17.8. The maximum atomic E-state index is 15.5. The molecule has 2 aliphatic carbocycles. The molecule has 2 saturated carbocycles. The summed E-state index contributed by atoms with van der Waals surface area (Å²) in [5.74, 6) is -0.384. The molecule has 0 radical (unpaired) electrons. The van der Waals surface area contributed by atoms with Crippen molar-refractivity contribution in [2.24, 2.45) is 17.6 Å². The van der Waals surface area contributed by atoms with E-state index in [1.807, 2.05) is 11.8 Å². The van der Waals surface area contributed by atoms with Gasteiger partial charge < -0.3 is 29.8 Å². The molecule has 0 amide bonds. The molecule has 4 atom stereocenters. The highest BCUT2D eigenvalue weighted by atomic mass is 19.1. The van der Waals surface area contributed by atoms with E-state index >= 15 is 4.39 Å². The average Bonchev–Trinajstić information content (AvgIpc) is 3.63. The lowest BCUT2D eigenvalue weighted by molar-refractivity contribution is 0.143. The van der Waals surface area contributed by atoms with E-state index in [0.717, 1.165) is 25.1 Å². The van der Waals surface area contributed by atoms with E-state index in [2.05, 4.69) is 4.74 Å². The summed E-state index contributed by atoms with van der Waals surface area (Å²) in [6.45, 7) is 2.92. The van der Waals surface area contributed by atoms with E-state index in [1.54, 1.807) is 0 Å². The highest BCUT2D eigenvalue weighted by molar-refractivity contribution is 5.92. The summed E-state index contributed by atoms with van der Waals surface area (Å²) in [6.07, 6.45) is 0.707. The van der Waals surface area contributed by atoms with Gasteiger partial charge in [-0.3, -0.25) is 4.79 Å². The zero-order chi connectivity index (χ0) is 22.9. The second-order valence-corrected chi connectivity index (χ2v) is 9.38. The van der Waals surface area contributed by atoms with E-state index in [1.165, 1.54) is 11.7 Å². The summed E-state index contributed by atoms with van der Waals surface area (Å²) in [7, 11) is 1.37. The van der Waals surface area contributed by atoms with Gasteiger partial charge in [0.2, 0.25) is 5.43 Å². The molecule has 1 aromatic carbocycles. The predicted octanol–water partition coefficient (Wildman–Crippen LogP) is 3.05. The van der Waals surface area contributed by atoms with Crippen LogP contribution in [-0.4, -0.2) is 47.7 Å². The Hall–Kier alpha value is -2.88. The van der Waals surface area contributed by atoms with Crippen molar-refractivity contribution in [1.29, 1.82) is 0 Å². The summed E-state index contributed by atoms with van der Waals surface area (Å²) in [5.41, 5.74) is 5.64. The largest absolute Gasteiger partial charge is 0.511 e. The number of halogens is 2. The fourth-order valence-electron chi connectivity index (χ4n) is 5.17. The summed E-state index contributed by atoms with van der Waals surface area (Å²) < 4.78 is 41.1. The molecule has 3 N–H and O–H groups in total. The lowest BCUT2D eigenvalue weighted by Crippen LogP contribution is -2.45. The molecule has 3 fully saturated rings. The molecule has 3 aliphatic rings. The van der Waals surface area contributed by atoms with Crippen LogP contribution in [-0.2, 0) is 0 Å². The molecule has 2 unspecified atom stereocenters. The van der Waals surface area contributed by atoms with Crippen molar-refractivity contribution in [3.63, 3.8) is 0 Å². The predicted molar refractivity (Wildman–Crippen MR) is 113 cm³/mol. The second-order valence-electron chi connectivity index (χ2n) is 9.38. The first-order valence-electron chi connectivity index (χ1n) is 10.7. The topological polar surface area (TPSA) is 107 Å². The number of aromatic nitrogens is 1. The highest BCUT2D eigenvalue weighted by Gasteiger charge is 2.49. The second kappa shape index (κ2) is 7.06. The average molecular weight is 449 g/mol. The number of hydrogen-bond donors (Lipinski definition) is 2. The van der Waals surface area contributed by atoms with Crippen molar-refractivity contribution < 1.29 is 28.2 Å². The van der Waals surface area contributed by atoms with Crippen molar-refractivity contribution in [3.05, 3.63) is 28.3 Å². The van der Waals surface area contributed by atoms with Crippen LogP contribution in [0.2, 0.25) is 0 Å². The Morgan fingerprint density at radius 3 is 2.62 bits per heavy atom. The number of nitrogens with zero attached hydrogens (tertiary/aromatic N) is 2. The third-order valence-electron chi connectivity index (χ3n) is 6.91. The number of benzene rings is 1. The standard InChI is InChI=1S/C22H25F2N3O5/c1-22(25)9-26(7-12(22)10-3-4-10)18-14(24)5-11-17(20(18)31-2)27(15-6-13(15)23)8-16(19(11)28)32-21(29)30/h5,8,10,12-13,15H,3-4,6-7,9,25H2,1-2H3,(H,29,30)/t12?,13-,15+,22?/m0/s1. The molecule has 32 heavy (non-hydrogen) atoms. The van der Waals surface area contributed by atoms with Crippen LogP contribution < -0.4 is 25.5 Å². The number of rotatable bonds is 5. The molecule has 2 heterocycles. The minimum absolute atomic E-state index is 0.102. The van der Waals surface area contributed by atoms with Gasteiger partial charge in [0.1, 0.15) is 11.9 Å². The molecule has 5 rings (SSSR count). The maximum Gasteiger partial charge on any atom is 0.511 e. The number of hydrogen-bond acceptors (Lipinski definition) is 6. The number of methoxy groups -OCH3 is 1. The third-order valence-corrected chi connectivity index (χ3v) is 6.91. The van der Waals surface area contributed by atoms with E-state index in [9.17, 15) is 14.0 Å². The van der Waals surface area contributed by atoms with Gasteiger partial charge in [-0.1, -0.05) is 0 Å². The number of alkyl halides is 1. The van der Waals surface area contributed by atoms with Crippen LogP contribution in [0.4, 0.5) is 19.3 Å². The Morgan fingerprint density at radius 2 is 2.06 bits per heavy atom. The van der Waals surface area contributed by atoms with E-state index in [0.29, 0.717) is 19.0 Å². The van der Waals surface area contributed by atoms with Gasteiger partial charge in [-0.2, -0.15) is 0 Å². The molecule has 0 bridgehead atoms. The van der Waals surface area contributed by atoms with Crippen molar-refractivity contribution in [3.8, 4) is 11.5 Å². The normalized spacial score (nSPS) is 29.4. The number of carboxylic acid groups (broad SMARTS) is 1. The van der Waals surface area contributed by atoms with Gasteiger partial charge in [0.25, 0.3) is 0 Å². The molecule has 1 saturated heterocycles. The summed E-state index contributed by atoms with van der Waals surface area (Å²) in [6, 6.07) is 0.424. The van der Waals surface area contributed by atoms with Crippen LogP contribution in [0.5, 0.6) is 11.5 Å². The van der Waals surface area contributed by atoms with Crippen molar-refractivity contribution in [1.82, 2.24) is 4.57 Å². The first kappa shape index (κ1) is 21.0. The first-order chi connectivity index (χ1) is 15.1. The molecular weight excluding hydrogens is 424 g/mol. The van der Waals surface area contributed by atoms with E-state index < -0.39 is 40.9 Å². The van der Waals surface area contributed by atoms with Crippen LogP contribution >= 0.6 is 0 Å². The molecule has 8 nitrogen and oxygen atoms in total. The van der Waals surface area contributed by atoms with Gasteiger partial charge in [0.15, 0.2) is 17.3 Å². The van der Waals surface area contributed by atoms with Gasteiger partial charge in [-0.05, 0) is 37.7 Å². The van der Waals surface area contributed by atoms with Crippen LogP contribution in [0.1, 0.15) is 32.2 Å². The van der Waals surface area contributed by atoms with Crippen molar-refractivity contribution in [2.45, 2.75) is 43.9 Å². The highest BCUT2D eigenvalue weighted by Crippen LogP contribution is 2.49. The molecule has 10 heteroatoms. The number of pyridine rings is 1. The number of carbonyl (C=O) groups is 1. The fraction of sp³-hybridized carbons (Fsp3) is 0.545. The van der Waals surface area contributed by atoms with Gasteiger partial charge in [-0.25, -0.2) is 13.6 Å². The number of ether oxygens (including phenoxy) is 2. The summed E-state index contributed by atoms with van der Waals surface area (Å²) in [5, 5.41) is 8.84. The van der Waals surface area contributed by atoms with Gasteiger partial charge in [0.05, 0.1) is 30.3 Å².